The van der Waals surface area contributed by atoms with Gasteiger partial charge in [0.1, 0.15) is 6.07 Å². The summed E-state index contributed by atoms with van der Waals surface area (Å²) in [6.45, 7) is 0. The molecule has 0 aliphatic heterocycles. The van der Waals surface area contributed by atoms with Crippen molar-refractivity contribution in [3.63, 3.8) is 0 Å². The van der Waals surface area contributed by atoms with Crippen molar-refractivity contribution in [1.29, 1.82) is 5.26 Å². The monoisotopic (exact) mass is 175 g/mol. The summed E-state index contributed by atoms with van der Waals surface area (Å²) in [6.07, 6.45) is 9.88. The van der Waals surface area contributed by atoms with Crippen LogP contribution in [0.15, 0.2) is 12.4 Å². The highest BCUT2D eigenvalue weighted by Gasteiger charge is 2.15. The summed E-state index contributed by atoms with van der Waals surface area (Å²) in [5.41, 5.74) is 0.672. The van der Waals surface area contributed by atoms with Gasteiger partial charge in [-0.3, -0.25) is 4.68 Å². The maximum atomic E-state index is 8.65. The Hall–Kier alpha value is -1.30. The van der Waals surface area contributed by atoms with Crippen molar-refractivity contribution in [2.24, 2.45) is 0 Å². The van der Waals surface area contributed by atoms with Crippen LogP contribution < -0.4 is 0 Å². The van der Waals surface area contributed by atoms with Gasteiger partial charge in [0.05, 0.1) is 17.8 Å². The molecular weight excluding hydrogens is 162 g/mol. The number of rotatable bonds is 1. The number of hydrogen-bond donors (Lipinski definition) is 0. The van der Waals surface area contributed by atoms with Gasteiger partial charge in [0.15, 0.2) is 0 Å². The maximum Gasteiger partial charge on any atom is 0.102 e. The number of nitriles is 1. The molecule has 0 bridgehead atoms. The van der Waals surface area contributed by atoms with E-state index in [1.165, 1.54) is 32.1 Å². The molecule has 0 saturated heterocycles. The van der Waals surface area contributed by atoms with Gasteiger partial charge >= 0.3 is 0 Å². The van der Waals surface area contributed by atoms with E-state index in [9.17, 15) is 0 Å². The van der Waals surface area contributed by atoms with Crippen molar-refractivity contribution < 1.29 is 0 Å². The third-order valence-electron chi connectivity index (χ3n) is 2.68. The zero-order valence-corrected chi connectivity index (χ0v) is 7.61. The molecule has 1 aromatic rings. The standard InChI is InChI=1S/C10H13N3/c11-6-9-7-12-13(8-9)10-4-2-1-3-5-10/h7-8,10H,1-5H2. The fourth-order valence-electron chi connectivity index (χ4n) is 1.94. The zero-order valence-electron chi connectivity index (χ0n) is 7.61. The average molecular weight is 175 g/mol. The van der Waals surface area contributed by atoms with E-state index in [4.69, 9.17) is 5.26 Å². The van der Waals surface area contributed by atoms with E-state index >= 15 is 0 Å². The van der Waals surface area contributed by atoms with Crippen LogP contribution in [0.25, 0.3) is 0 Å². The lowest BCUT2D eigenvalue weighted by molar-refractivity contribution is 0.329. The number of aromatic nitrogens is 2. The molecule has 0 spiro atoms. The summed E-state index contributed by atoms with van der Waals surface area (Å²) in [6, 6.07) is 2.64. The fourth-order valence-corrected chi connectivity index (χ4v) is 1.94. The minimum atomic E-state index is 0.538. The third kappa shape index (κ3) is 1.72. The highest BCUT2D eigenvalue weighted by atomic mass is 15.3. The van der Waals surface area contributed by atoms with Crippen molar-refractivity contribution in [1.82, 2.24) is 9.78 Å². The van der Waals surface area contributed by atoms with Crippen molar-refractivity contribution in [2.75, 3.05) is 0 Å². The summed E-state index contributed by atoms with van der Waals surface area (Å²) in [5, 5.41) is 12.9. The Kier molecular flexibility index (Phi) is 2.31. The van der Waals surface area contributed by atoms with E-state index in [0.29, 0.717) is 11.6 Å². The Morgan fingerprint density at radius 2 is 2.15 bits per heavy atom. The molecule has 68 valence electrons. The van der Waals surface area contributed by atoms with Crippen LogP contribution >= 0.6 is 0 Å². The minimum Gasteiger partial charge on any atom is -0.268 e. The molecule has 0 N–H and O–H groups in total. The summed E-state index contributed by atoms with van der Waals surface area (Å²) in [7, 11) is 0. The van der Waals surface area contributed by atoms with Crippen LogP contribution in [-0.4, -0.2) is 9.78 Å². The van der Waals surface area contributed by atoms with E-state index < -0.39 is 0 Å². The largest absolute Gasteiger partial charge is 0.268 e. The first-order valence-corrected chi connectivity index (χ1v) is 4.84. The van der Waals surface area contributed by atoms with E-state index in [2.05, 4.69) is 11.2 Å². The van der Waals surface area contributed by atoms with Crippen molar-refractivity contribution in [3.8, 4) is 6.07 Å². The lowest BCUT2D eigenvalue weighted by Gasteiger charge is -2.21. The molecule has 13 heavy (non-hydrogen) atoms. The van der Waals surface area contributed by atoms with Crippen LogP contribution in [0.5, 0.6) is 0 Å². The second-order valence-corrected chi connectivity index (χ2v) is 3.61. The molecule has 1 aromatic heterocycles. The molecular formula is C10H13N3. The summed E-state index contributed by atoms with van der Waals surface area (Å²) in [5.74, 6) is 0. The van der Waals surface area contributed by atoms with Crippen LogP contribution in [0.3, 0.4) is 0 Å². The quantitative estimate of drug-likeness (QED) is 0.657. The molecule has 0 amide bonds. The van der Waals surface area contributed by atoms with Gasteiger partial charge in [-0.05, 0) is 12.8 Å². The molecule has 1 heterocycles. The van der Waals surface area contributed by atoms with E-state index in [0.717, 1.165) is 0 Å². The topological polar surface area (TPSA) is 41.6 Å². The summed E-state index contributed by atoms with van der Waals surface area (Å²) in [4.78, 5) is 0. The lowest BCUT2D eigenvalue weighted by atomic mass is 9.96. The second kappa shape index (κ2) is 3.61. The Labute approximate surface area is 78.0 Å². The second-order valence-electron chi connectivity index (χ2n) is 3.61. The van der Waals surface area contributed by atoms with Crippen LogP contribution in [-0.2, 0) is 0 Å². The van der Waals surface area contributed by atoms with Gasteiger partial charge in [-0.1, -0.05) is 19.3 Å². The molecule has 1 saturated carbocycles. The van der Waals surface area contributed by atoms with E-state index in [1.807, 2.05) is 10.9 Å². The molecule has 1 aliphatic rings. The van der Waals surface area contributed by atoms with Gasteiger partial charge in [-0.15, -0.1) is 0 Å². The Morgan fingerprint density at radius 3 is 2.77 bits per heavy atom. The van der Waals surface area contributed by atoms with Gasteiger partial charge in [0.25, 0.3) is 0 Å². The van der Waals surface area contributed by atoms with E-state index in [1.54, 1.807) is 6.20 Å². The van der Waals surface area contributed by atoms with Crippen LogP contribution in [0.1, 0.15) is 43.7 Å². The van der Waals surface area contributed by atoms with Gasteiger partial charge in [-0.2, -0.15) is 10.4 Å². The normalized spacial score (nSPS) is 18.4. The molecule has 2 rings (SSSR count). The van der Waals surface area contributed by atoms with Crippen LogP contribution in [0.2, 0.25) is 0 Å². The predicted octanol–water partition coefficient (Wildman–Crippen LogP) is 2.26. The highest BCUT2D eigenvalue weighted by Crippen LogP contribution is 2.27. The van der Waals surface area contributed by atoms with Gasteiger partial charge in [-0.25, -0.2) is 0 Å². The van der Waals surface area contributed by atoms with Gasteiger partial charge < -0.3 is 0 Å². The number of nitrogens with zero attached hydrogens (tertiary/aromatic N) is 3. The molecule has 0 radical (unpaired) electrons. The molecule has 1 fully saturated rings. The lowest BCUT2D eigenvalue weighted by Crippen LogP contribution is -2.12. The van der Waals surface area contributed by atoms with Crippen molar-refractivity contribution in [3.05, 3.63) is 18.0 Å². The highest BCUT2D eigenvalue weighted by molar-refractivity contribution is 5.21. The molecule has 3 heteroatoms. The average Bonchev–Trinajstić information content (AvgIpc) is 2.67. The first-order chi connectivity index (χ1) is 6.40. The zero-order chi connectivity index (χ0) is 9.10. The SMILES string of the molecule is N#Cc1cnn(C2CCCCC2)c1. The third-order valence-corrected chi connectivity index (χ3v) is 2.68. The van der Waals surface area contributed by atoms with Crippen LogP contribution in [0, 0.1) is 11.3 Å². The minimum absolute atomic E-state index is 0.538. The fraction of sp³-hybridized carbons (Fsp3) is 0.600. The van der Waals surface area contributed by atoms with Crippen molar-refractivity contribution >= 4 is 0 Å². The summed E-state index contributed by atoms with van der Waals surface area (Å²) >= 11 is 0. The maximum absolute atomic E-state index is 8.65. The van der Waals surface area contributed by atoms with Gasteiger partial charge in [0.2, 0.25) is 0 Å². The summed E-state index contributed by atoms with van der Waals surface area (Å²) < 4.78 is 1.96. The molecule has 1 aliphatic carbocycles. The van der Waals surface area contributed by atoms with Gasteiger partial charge in [0, 0.05) is 6.20 Å². The number of hydrogen-bond acceptors (Lipinski definition) is 2. The first kappa shape index (κ1) is 8.31. The molecule has 0 aromatic carbocycles. The Bertz CT molecular complexity index is 315. The molecule has 3 nitrogen and oxygen atoms in total. The van der Waals surface area contributed by atoms with Crippen LogP contribution in [0.4, 0.5) is 0 Å². The Morgan fingerprint density at radius 1 is 1.38 bits per heavy atom. The first-order valence-electron chi connectivity index (χ1n) is 4.84. The smallest absolute Gasteiger partial charge is 0.102 e. The predicted molar refractivity (Wildman–Crippen MR) is 49.1 cm³/mol. The van der Waals surface area contributed by atoms with E-state index in [-0.39, 0.29) is 0 Å². The molecule has 0 atom stereocenters. The van der Waals surface area contributed by atoms with Crippen molar-refractivity contribution in [2.45, 2.75) is 38.1 Å². The Balaban J connectivity index is 2.11. The molecule has 0 unspecified atom stereocenters.